The third-order valence-electron chi connectivity index (χ3n) is 6.00. The minimum Gasteiger partial charge on any atom is -0.490 e. The fraction of sp³-hybridized carbons (Fsp3) is 0.296. The maximum atomic E-state index is 6.12. The Bertz CT molecular complexity index is 1220. The van der Waals surface area contributed by atoms with Crippen LogP contribution in [0.5, 0.6) is 17.2 Å². The van der Waals surface area contributed by atoms with E-state index in [1.807, 2.05) is 30.3 Å². The number of ether oxygens (including phenoxy) is 2. The molecule has 0 bridgehead atoms. The van der Waals surface area contributed by atoms with Crippen LogP contribution in [0.4, 0.5) is 0 Å². The molecule has 4 heteroatoms. The minimum absolute atomic E-state index is 0.240. The molecule has 0 N–H and O–H groups in total. The molecule has 1 aromatic heterocycles. The van der Waals surface area contributed by atoms with E-state index < -0.39 is 0 Å². The summed E-state index contributed by atoms with van der Waals surface area (Å²) in [5.74, 6) is 3.48. The van der Waals surface area contributed by atoms with Crippen LogP contribution in [0.25, 0.3) is 22.2 Å². The molecular formula is C27H27NO3. The van der Waals surface area contributed by atoms with Gasteiger partial charge in [0.15, 0.2) is 5.58 Å². The van der Waals surface area contributed by atoms with Crippen molar-refractivity contribution in [3.8, 4) is 28.5 Å². The van der Waals surface area contributed by atoms with Crippen molar-refractivity contribution in [3.63, 3.8) is 0 Å². The van der Waals surface area contributed by atoms with Crippen molar-refractivity contribution >= 4 is 11.0 Å². The van der Waals surface area contributed by atoms with Crippen LogP contribution in [0.1, 0.15) is 44.7 Å². The van der Waals surface area contributed by atoms with Gasteiger partial charge in [0.25, 0.3) is 0 Å². The van der Waals surface area contributed by atoms with Crippen LogP contribution >= 0.6 is 0 Å². The van der Waals surface area contributed by atoms with E-state index in [2.05, 4.69) is 63.2 Å². The molecule has 1 unspecified atom stereocenters. The van der Waals surface area contributed by atoms with Crippen LogP contribution in [-0.2, 0) is 6.42 Å². The summed E-state index contributed by atoms with van der Waals surface area (Å²) in [6.07, 6.45) is 1.16. The van der Waals surface area contributed by atoms with Gasteiger partial charge in [-0.1, -0.05) is 57.1 Å². The number of aromatic nitrogens is 1. The average molecular weight is 414 g/mol. The Morgan fingerprint density at radius 3 is 2.39 bits per heavy atom. The first-order valence-corrected chi connectivity index (χ1v) is 10.9. The molecule has 0 saturated heterocycles. The van der Waals surface area contributed by atoms with Crippen LogP contribution in [0.3, 0.4) is 0 Å². The summed E-state index contributed by atoms with van der Waals surface area (Å²) in [5, 5.41) is 5.29. The highest BCUT2D eigenvalue weighted by Crippen LogP contribution is 2.37. The lowest BCUT2D eigenvalue weighted by atomic mass is 10.00. The molecule has 31 heavy (non-hydrogen) atoms. The number of nitrogens with zero attached hydrogens (tertiary/aromatic N) is 1. The Balaban J connectivity index is 1.38. The van der Waals surface area contributed by atoms with Crippen molar-refractivity contribution in [2.75, 3.05) is 0 Å². The van der Waals surface area contributed by atoms with E-state index in [0.717, 1.165) is 40.3 Å². The topological polar surface area (TPSA) is 44.5 Å². The van der Waals surface area contributed by atoms with Crippen molar-refractivity contribution in [3.05, 3.63) is 71.8 Å². The highest BCUT2D eigenvalue weighted by molar-refractivity contribution is 5.92. The summed E-state index contributed by atoms with van der Waals surface area (Å²) >= 11 is 0. The van der Waals surface area contributed by atoms with Gasteiger partial charge in [-0.25, -0.2) is 0 Å². The molecule has 0 fully saturated rings. The predicted molar refractivity (Wildman–Crippen MR) is 123 cm³/mol. The van der Waals surface area contributed by atoms with Gasteiger partial charge in [0.2, 0.25) is 0 Å². The minimum atomic E-state index is 0.240. The Labute approximate surface area is 182 Å². The molecule has 3 aromatic carbocycles. The summed E-state index contributed by atoms with van der Waals surface area (Å²) in [6.45, 7) is 8.76. The van der Waals surface area contributed by atoms with E-state index in [0.29, 0.717) is 17.4 Å². The SMILES string of the molecule is CC(C)c1ccc(-c2noc3cc(Oc4ccc5c(c4)CC(C(C)C)O5)ccc23)cc1. The zero-order chi connectivity index (χ0) is 21.5. The van der Waals surface area contributed by atoms with Crippen LogP contribution < -0.4 is 9.47 Å². The lowest BCUT2D eigenvalue weighted by Gasteiger charge is -2.13. The third kappa shape index (κ3) is 3.78. The molecule has 1 aliphatic rings. The first-order chi connectivity index (χ1) is 15.0. The largest absolute Gasteiger partial charge is 0.490 e. The van der Waals surface area contributed by atoms with Gasteiger partial charge >= 0.3 is 0 Å². The van der Waals surface area contributed by atoms with Crippen molar-refractivity contribution in [1.82, 2.24) is 5.16 Å². The van der Waals surface area contributed by atoms with Gasteiger partial charge in [-0.3, -0.25) is 0 Å². The standard InChI is InChI=1S/C27H27NO3/c1-16(2)18-5-7-19(8-6-18)27-23-11-9-22(15-26(23)31-28-27)29-21-10-12-24-20(13-21)14-25(30-24)17(3)4/h5-13,15-17,25H,14H2,1-4H3. The van der Waals surface area contributed by atoms with Crippen molar-refractivity contribution < 1.29 is 14.0 Å². The lowest BCUT2D eigenvalue weighted by Crippen LogP contribution is -2.19. The molecule has 0 spiro atoms. The van der Waals surface area contributed by atoms with Crippen LogP contribution in [0, 0.1) is 5.92 Å². The maximum Gasteiger partial charge on any atom is 0.171 e. The van der Waals surface area contributed by atoms with Gasteiger partial charge in [-0.15, -0.1) is 0 Å². The van der Waals surface area contributed by atoms with Gasteiger partial charge in [0.1, 0.15) is 29.0 Å². The van der Waals surface area contributed by atoms with E-state index in [9.17, 15) is 0 Å². The highest BCUT2D eigenvalue weighted by atomic mass is 16.5. The van der Waals surface area contributed by atoms with E-state index in [-0.39, 0.29) is 6.10 Å². The van der Waals surface area contributed by atoms with Crippen molar-refractivity contribution in [2.24, 2.45) is 5.92 Å². The Hall–Kier alpha value is -3.27. The van der Waals surface area contributed by atoms with E-state index in [1.54, 1.807) is 0 Å². The van der Waals surface area contributed by atoms with Crippen molar-refractivity contribution in [2.45, 2.75) is 46.1 Å². The fourth-order valence-corrected chi connectivity index (χ4v) is 4.04. The molecule has 0 saturated carbocycles. The summed E-state index contributed by atoms with van der Waals surface area (Å²) in [4.78, 5) is 0. The predicted octanol–water partition coefficient (Wildman–Crippen LogP) is 7.37. The number of benzene rings is 3. The normalized spacial score (nSPS) is 15.5. The van der Waals surface area contributed by atoms with Gasteiger partial charge in [0.05, 0.1) is 0 Å². The molecule has 4 aromatic rings. The molecule has 0 radical (unpaired) electrons. The lowest BCUT2D eigenvalue weighted by molar-refractivity contribution is 0.179. The molecule has 4 nitrogen and oxygen atoms in total. The van der Waals surface area contributed by atoms with Crippen LogP contribution in [0.2, 0.25) is 0 Å². The second-order valence-corrected chi connectivity index (χ2v) is 8.94. The number of fused-ring (bicyclic) bond motifs is 2. The zero-order valence-electron chi connectivity index (χ0n) is 18.4. The summed E-state index contributed by atoms with van der Waals surface area (Å²) < 4.78 is 17.8. The summed E-state index contributed by atoms with van der Waals surface area (Å²) in [5.41, 5.74) is 5.13. The molecule has 5 rings (SSSR count). The quantitative estimate of drug-likeness (QED) is 0.343. The second kappa shape index (κ2) is 7.77. The van der Waals surface area contributed by atoms with Crippen LogP contribution in [0.15, 0.2) is 65.2 Å². The van der Waals surface area contributed by atoms with Crippen molar-refractivity contribution in [1.29, 1.82) is 0 Å². The smallest absolute Gasteiger partial charge is 0.171 e. The zero-order valence-corrected chi connectivity index (χ0v) is 18.4. The first-order valence-electron chi connectivity index (χ1n) is 10.9. The van der Waals surface area contributed by atoms with E-state index in [1.165, 1.54) is 11.1 Å². The number of rotatable bonds is 5. The van der Waals surface area contributed by atoms with Gasteiger partial charge in [-0.05, 0) is 47.7 Å². The number of hydrogen-bond acceptors (Lipinski definition) is 4. The Morgan fingerprint density at radius 1 is 0.903 bits per heavy atom. The molecular weight excluding hydrogens is 386 g/mol. The number of hydrogen-bond donors (Lipinski definition) is 0. The monoisotopic (exact) mass is 413 g/mol. The Morgan fingerprint density at radius 2 is 1.65 bits per heavy atom. The first kappa shape index (κ1) is 19.7. The van der Waals surface area contributed by atoms with Crippen LogP contribution in [-0.4, -0.2) is 11.3 Å². The Kier molecular flexibility index (Phi) is 4.93. The third-order valence-corrected chi connectivity index (χ3v) is 6.00. The van der Waals surface area contributed by atoms with E-state index in [4.69, 9.17) is 14.0 Å². The fourth-order valence-electron chi connectivity index (χ4n) is 4.04. The van der Waals surface area contributed by atoms with Gasteiger partial charge in [-0.2, -0.15) is 0 Å². The molecule has 158 valence electrons. The maximum absolute atomic E-state index is 6.12. The highest BCUT2D eigenvalue weighted by Gasteiger charge is 2.25. The second-order valence-electron chi connectivity index (χ2n) is 8.94. The average Bonchev–Trinajstić information content (AvgIpc) is 3.37. The van der Waals surface area contributed by atoms with E-state index >= 15 is 0 Å². The van der Waals surface area contributed by atoms with Gasteiger partial charge < -0.3 is 14.0 Å². The molecule has 0 amide bonds. The molecule has 1 atom stereocenters. The molecule has 2 heterocycles. The summed E-state index contributed by atoms with van der Waals surface area (Å²) in [7, 11) is 0. The molecule has 1 aliphatic heterocycles. The summed E-state index contributed by atoms with van der Waals surface area (Å²) in [6, 6.07) is 20.4. The van der Waals surface area contributed by atoms with Gasteiger partial charge in [0, 0.05) is 29.0 Å². The molecule has 0 aliphatic carbocycles.